The van der Waals surface area contributed by atoms with E-state index in [0.717, 1.165) is 5.56 Å². The minimum absolute atomic E-state index is 0.209. The maximum absolute atomic E-state index is 11.7. The van der Waals surface area contributed by atoms with Gasteiger partial charge in [-0.2, -0.15) is 0 Å². The summed E-state index contributed by atoms with van der Waals surface area (Å²) >= 11 is 0. The molecule has 3 N–H and O–H groups in total. The van der Waals surface area contributed by atoms with Crippen LogP contribution in [0.5, 0.6) is 5.75 Å². The van der Waals surface area contributed by atoms with E-state index in [2.05, 4.69) is 10.3 Å². The summed E-state index contributed by atoms with van der Waals surface area (Å²) < 4.78 is 10.3. The predicted molar refractivity (Wildman–Crippen MR) is 76.7 cm³/mol. The van der Waals surface area contributed by atoms with Crippen molar-refractivity contribution < 1.29 is 14.3 Å². The molecule has 0 bridgehead atoms. The lowest BCUT2D eigenvalue weighted by Gasteiger charge is -2.23. The highest BCUT2D eigenvalue weighted by molar-refractivity contribution is 5.68. The maximum atomic E-state index is 11.7. The second kappa shape index (κ2) is 7.09. The number of aromatic nitrogens is 1. The van der Waals surface area contributed by atoms with Crippen LogP contribution in [0.25, 0.3) is 0 Å². The lowest BCUT2D eigenvalue weighted by atomic mass is 10.1. The lowest BCUT2D eigenvalue weighted by Crippen LogP contribution is -2.44. The topological polar surface area (TPSA) is 86.5 Å². The quantitative estimate of drug-likeness (QED) is 0.853. The van der Waals surface area contributed by atoms with E-state index in [4.69, 9.17) is 15.2 Å². The largest absolute Gasteiger partial charge is 0.495 e. The monoisotopic (exact) mass is 281 g/mol. The van der Waals surface area contributed by atoms with Crippen molar-refractivity contribution in [3.63, 3.8) is 0 Å². The van der Waals surface area contributed by atoms with Crippen molar-refractivity contribution in [2.75, 3.05) is 13.7 Å². The molecule has 0 saturated heterocycles. The van der Waals surface area contributed by atoms with Gasteiger partial charge in [0.25, 0.3) is 0 Å². The molecule has 1 heterocycles. The molecule has 1 rings (SSSR count). The zero-order chi connectivity index (χ0) is 15.2. The molecule has 0 aliphatic carbocycles. The lowest BCUT2D eigenvalue weighted by molar-refractivity contribution is 0.0506. The zero-order valence-corrected chi connectivity index (χ0v) is 12.5. The number of alkyl carbamates (subject to hydrolysis) is 1. The van der Waals surface area contributed by atoms with Crippen LogP contribution >= 0.6 is 0 Å². The fourth-order valence-electron chi connectivity index (χ4n) is 1.64. The average molecular weight is 281 g/mol. The van der Waals surface area contributed by atoms with Crippen LogP contribution in [0.4, 0.5) is 4.79 Å². The van der Waals surface area contributed by atoms with Crippen LogP contribution in [-0.2, 0) is 11.2 Å². The molecule has 20 heavy (non-hydrogen) atoms. The van der Waals surface area contributed by atoms with Gasteiger partial charge >= 0.3 is 6.09 Å². The Hall–Kier alpha value is -1.82. The van der Waals surface area contributed by atoms with Crippen molar-refractivity contribution in [2.24, 2.45) is 5.73 Å². The number of nitrogens with two attached hydrogens (primary N) is 1. The number of nitrogens with zero attached hydrogens (tertiary/aromatic N) is 1. The van der Waals surface area contributed by atoms with Crippen molar-refractivity contribution in [3.8, 4) is 5.75 Å². The fourth-order valence-corrected chi connectivity index (χ4v) is 1.64. The van der Waals surface area contributed by atoms with Gasteiger partial charge in [0.2, 0.25) is 0 Å². The van der Waals surface area contributed by atoms with Crippen LogP contribution in [0.2, 0.25) is 0 Å². The number of rotatable bonds is 5. The van der Waals surface area contributed by atoms with Crippen LogP contribution in [0.3, 0.4) is 0 Å². The van der Waals surface area contributed by atoms with E-state index in [9.17, 15) is 4.79 Å². The van der Waals surface area contributed by atoms with Crippen LogP contribution in [0.1, 0.15) is 26.3 Å². The SMILES string of the molecule is COc1cncc(CC(CN)NC(=O)OC(C)(C)C)c1. The Balaban J connectivity index is 2.60. The molecule has 6 heteroatoms. The van der Waals surface area contributed by atoms with Gasteiger partial charge in [0.15, 0.2) is 0 Å². The third-order valence-electron chi connectivity index (χ3n) is 2.49. The van der Waals surface area contributed by atoms with Gasteiger partial charge in [0, 0.05) is 18.8 Å². The average Bonchev–Trinajstić information content (AvgIpc) is 2.36. The molecule has 1 aromatic heterocycles. The normalized spacial score (nSPS) is 12.7. The van der Waals surface area contributed by atoms with Crippen LogP contribution in [-0.4, -0.2) is 36.4 Å². The molecule has 0 spiro atoms. The van der Waals surface area contributed by atoms with Gasteiger partial charge in [-0.1, -0.05) is 0 Å². The maximum Gasteiger partial charge on any atom is 0.407 e. The molecular formula is C14H23N3O3. The van der Waals surface area contributed by atoms with E-state index < -0.39 is 11.7 Å². The second-order valence-electron chi connectivity index (χ2n) is 5.52. The van der Waals surface area contributed by atoms with Crippen molar-refractivity contribution >= 4 is 6.09 Å². The number of hydrogen-bond acceptors (Lipinski definition) is 5. The molecule has 0 radical (unpaired) electrons. The van der Waals surface area contributed by atoms with Gasteiger partial charge in [0.1, 0.15) is 11.4 Å². The minimum Gasteiger partial charge on any atom is -0.495 e. The van der Waals surface area contributed by atoms with Crippen LogP contribution < -0.4 is 15.8 Å². The van der Waals surface area contributed by atoms with Crippen LogP contribution in [0.15, 0.2) is 18.5 Å². The van der Waals surface area contributed by atoms with Gasteiger partial charge in [-0.3, -0.25) is 4.98 Å². The molecule has 112 valence electrons. The van der Waals surface area contributed by atoms with E-state index in [-0.39, 0.29) is 6.04 Å². The summed E-state index contributed by atoms with van der Waals surface area (Å²) in [6.07, 6.45) is 3.45. The molecule has 1 amide bonds. The summed E-state index contributed by atoms with van der Waals surface area (Å²) in [6, 6.07) is 1.66. The summed E-state index contributed by atoms with van der Waals surface area (Å²) in [5, 5.41) is 2.75. The van der Waals surface area contributed by atoms with Gasteiger partial charge < -0.3 is 20.5 Å². The molecule has 0 saturated carbocycles. The Kier molecular flexibility index (Phi) is 5.76. The number of methoxy groups -OCH3 is 1. The Morgan fingerprint density at radius 2 is 2.15 bits per heavy atom. The highest BCUT2D eigenvalue weighted by Gasteiger charge is 2.19. The number of nitrogens with one attached hydrogen (secondary N) is 1. The van der Waals surface area contributed by atoms with E-state index >= 15 is 0 Å². The van der Waals surface area contributed by atoms with Crippen molar-refractivity contribution in [2.45, 2.75) is 38.8 Å². The fraction of sp³-hybridized carbons (Fsp3) is 0.571. The first-order valence-corrected chi connectivity index (χ1v) is 6.51. The summed E-state index contributed by atoms with van der Waals surface area (Å²) in [4.78, 5) is 15.8. The van der Waals surface area contributed by atoms with E-state index in [1.54, 1.807) is 19.5 Å². The van der Waals surface area contributed by atoms with E-state index in [0.29, 0.717) is 18.7 Å². The zero-order valence-electron chi connectivity index (χ0n) is 12.5. The highest BCUT2D eigenvalue weighted by Crippen LogP contribution is 2.12. The summed E-state index contributed by atoms with van der Waals surface area (Å²) in [6.45, 7) is 5.76. The number of amides is 1. The minimum atomic E-state index is -0.527. The Labute approximate surface area is 119 Å². The second-order valence-corrected chi connectivity index (χ2v) is 5.52. The molecule has 1 atom stereocenters. The van der Waals surface area contributed by atoms with E-state index in [1.165, 1.54) is 0 Å². The van der Waals surface area contributed by atoms with Gasteiger partial charge in [-0.25, -0.2) is 4.79 Å². The summed E-state index contributed by atoms with van der Waals surface area (Å²) in [7, 11) is 1.58. The van der Waals surface area contributed by atoms with Gasteiger partial charge in [-0.15, -0.1) is 0 Å². The Bertz CT molecular complexity index is 444. The third-order valence-corrected chi connectivity index (χ3v) is 2.49. The first-order chi connectivity index (χ1) is 9.34. The Morgan fingerprint density at radius 1 is 1.45 bits per heavy atom. The standard InChI is InChI=1S/C14H23N3O3/c1-14(2,3)20-13(18)17-11(7-15)5-10-6-12(19-4)9-16-8-10/h6,8-9,11H,5,7,15H2,1-4H3,(H,17,18). The molecule has 1 unspecified atom stereocenters. The van der Waals surface area contributed by atoms with Crippen molar-refractivity contribution in [1.29, 1.82) is 0 Å². The van der Waals surface area contributed by atoms with E-state index in [1.807, 2.05) is 26.8 Å². The molecule has 6 nitrogen and oxygen atoms in total. The summed E-state index contributed by atoms with van der Waals surface area (Å²) in [5.74, 6) is 0.676. The van der Waals surface area contributed by atoms with Crippen LogP contribution in [0, 0.1) is 0 Å². The number of carbonyl (C=O) groups excluding carboxylic acids is 1. The molecule has 0 aliphatic heterocycles. The van der Waals surface area contributed by atoms with Crippen molar-refractivity contribution in [3.05, 3.63) is 24.0 Å². The first-order valence-electron chi connectivity index (χ1n) is 6.51. The van der Waals surface area contributed by atoms with Gasteiger partial charge in [-0.05, 0) is 38.8 Å². The Morgan fingerprint density at radius 3 is 2.70 bits per heavy atom. The molecule has 0 fully saturated rings. The molecule has 0 aromatic carbocycles. The van der Waals surface area contributed by atoms with Crippen molar-refractivity contribution in [1.82, 2.24) is 10.3 Å². The first kappa shape index (κ1) is 16.2. The highest BCUT2D eigenvalue weighted by atomic mass is 16.6. The predicted octanol–water partition coefficient (Wildman–Crippen LogP) is 1.48. The molecular weight excluding hydrogens is 258 g/mol. The number of ether oxygens (including phenoxy) is 2. The smallest absolute Gasteiger partial charge is 0.407 e. The third kappa shape index (κ3) is 5.88. The van der Waals surface area contributed by atoms with Gasteiger partial charge in [0.05, 0.1) is 13.3 Å². The molecule has 0 aliphatic rings. The summed E-state index contributed by atoms with van der Waals surface area (Å²) in [5.41, 5.74) is 6.09. The number of hydrogen-bond donors (Lipinski definition) is 2. The molecule has 1 aromatic rings. The number of pyridine rings is 1. The number of carbonyl (C=O) groups is 1.